The van der Waals surface area contributed by atoms with Crippen LogP contribution in [0.15, 0.2) is 47.4 Å². The van der Waals surface area contributed by atoms with E-state index in [-0.39, 0.29) is 23.4 Å². The van der Waals surface area contributed by atoms with Gasteiger partial charge in [-0.3, -0.25) is 9.59 Å². The Kier molecular flexibility index (Phi) is 7.62. The third kappa shape index (κ3) is 5.86. The molecule has 2 aromatic rings. The van der Waals surface area contributed by atoms with Crippen LogP contribution in [0.5, 0.6) is 0 Å². The van der Waals surface area contributed by atoms with Crippen LogP contribution in [-0.4, -0.2) is 37.8 Å². The standard InChI is InChI=1S/C19H21FN2O3S/c1-13-7-8-14(11-16(13)20)22-19(24)15-5-3-4-6-17(15)26-12-18(23)21-9-10-25-2/h3-8,11H,9-10,12H2,1-2H3,(H,21,23)(H,22,24). The Bertz CT molecular complexity index is 783. The van der Waals surface area contributed by atoms with Crippen molar-refractivity contribution < 1.29 is 18.7 Å². The molecule has 138 valence electrons. The van der Waals surface area contributed by atoms with E-state index in [4.69, 9.17) is 4.74 Å². The quantitative estimate of drug-likeness (QED) is 0.548. The fourth-order valence-electron chi connectivity index (χ4n) is 2.14. The molecule has 0 fully saturated rings. The van der Waals surface area contributed by atoms with Gasteiger partial charge < -0.3 is 15.4 Å². The molecule has 2 aromatic carbocycles. The zero-order valence-electron chi connectivity index (χ0n) is 14.7. The highest BCUT2D eigenvalue weighted by molar-refractivity contribution is 8.00. The van der Waals surface area contributed by atoms with E-state index in [1.807, 2.05) is 0 Å². The first-order valence-electron chi connectivity index (χ1n) is 8.06. The van der Waals surface area contributed by atoms with Crippen LogP contribution in [0.2, 0.25) is 0 Å². The first-order chi connectivity index (χ1) is 12.5. The smallest absolute Gasteiger partial charge is 0.256 e. The summed E-state index contributed by atoms with van der Waals surface area (Å²) in [6.45, 7) is 2.55. The molecule has 0 saturated heterocycles. The van der Waals surface area contributed by atoms with Crippen molar-refractivity contribution in [1.82, 2.24) is 5.32 Å². The van der Waals surface area contributed by atoms with Crippen LogP contribution >= 0.6 is 11.8 Å². The third-order valence-electron chi connectivity index (χ3n) is 3.55. The highest BCUT2D eigenvalue weighted by Crippen LogP contribution is 2.24. The lowest BCUT2D eigenvalue weighted by Gasteiger charge is -2.10. The zero-order valence-corrected chi connectivity index (χ0v) is 15.5. The van der Waals surface area contributed by atoms with Crippen LogP contribution in [0.25, 0.3) is 0 Å². The number of hydrogen-bond acceptors (Lipinski definition) is 4. The van der Waals surface area contributed by atoms with E-state index in [2.05, 4.69) is 10.6 Å². The lowest BCUT2D eigenvalue weighted by Crippen LogP contribution is -2.28. The maximum atomic E-state index is 13.6. The average Bonchev–Trinajstić information content (AvgIpc) is 2.63. The Hall–Kier alpha value is -2.38. The second-order valence-electron chi connectivity index (χ2n) is 5.55. The number of rotatable bonds is 8. The van der Waals surface area contributed by atoms with Crippen LogP contribution in [0.3, 0.4) is 0 Å². The highest BCUT2D eigenvalue weighted by atomic mass is 32.2. The third-order valence-corrected chi connectivity index (χ3v) is 4.62. The van der Waals surface area contributed by atoms with Gasteiger partial charge in [0.1, 0.15) is 5.82 Å². The van der Waals surface area contributed by atoms with Gasteiger partial charge in [0.15, 0.2) is 0 Å². The molecule has 0 radical (unpaired) electrons. The second-order valence-corrected chi connectivity index (χ2v) is 6.56. The minimum atomic E-state index is -0.377. The number of carbonyl (C=O) groups excluding carboxylic acids is 2. The van der Waals surface area contributed by atoms with Crippen molar-refractivity contribution in [2.75, 3.05) is 31.3 Å². The number of nitrogens with one attached hydrogen (secondary N) is 2. The number of carbonyl (C=O) groups is 2. The Morgan fingerprint density at radius 2 is 1.96 bits per heavy atom. The number of hydrogen-bond donors (Lipinski definition) is 2. The van der Waals surface area contributed by atoms with E-state index in [1.165, 1.54) is 17.8 Å². The Labute approximate surface area is 156 Å². The molecular formula is C19H21FN2O3S. The molecule has 0 aliphatic rings. The topological polar surface area (TPSA) is 67.4 Å². The van der Waals surface area contributed by atoms with Gasteiger partial charge in [0.25, 0.3) is 5.91 Å². The van der Waals surface area contributed by atoms with Crippen molar-refractivity contribution in [1.29, 1.82) is 0 Å². The minimum absolute atomic E-state index is 0.136. The summed E-state index contributed by atoms with van der Waals surface area (Å²) in [6.07, 6.45) is 0. The lowest BCUT2D eigenvalue weighted by atomic mass is 10.2. The summed E-state index contributed by atoms with van der Waals surface area (Å²) in [5.41, 5.74) is 1.33. The molecule has 0 bridgehead atoms. The van der Waals surface area contributed by atoms with Gasteiger partial charge >= 0.3 is 0 Å². The molecule has 0 aliphatic carbocycles. The van der Waals surface area contributed by atoms with Crippen molar-refractivity contribution in [3.8, 4) is 0 Å². The predicted octanol–water partition coefficient (Wildman–Crippen LogP) is 3.24. The normalized spacial score (nSPS) is 10.4. The van der Waals surface area contributed by atoms with Gasteiger partial charge in [0.05, 0.1) is 17.9 Å². The molecule has 0 aromatic heterocycles. The van der Waals surface area contributed by atoms with Crippen molar-refractivity contribution in [2.45, 2.75) is 11.8 Å². The van der Waals surface area contributed by atoms with Crippen molar-refractivity contribution in [3.05, 3.63) is 59.4 Å². The summed E-state index contributed by atoms with van der Waals surface area (Å²) < 4.78 is 18.5. The SMILES string of the molecule is COCCNC(=O)CSc1ccccc1C(=O)Nc1ccc(C)c(F)c1. The average molecular weight is 376 g/mol. The summed E-state index contributed by atoms with van der Waals surface area (Å²) in [7, 11) is 1.57. The minimum Gasteiger partial charge on any atom is -0.383 e. The molecule has 0 atom stereocenters. The number of amides is 2. The summed E-state index contributed by atoms with van der Waals surface area (Å²) in [5, 5.41) is 5.41. The number of halogens is 1. The van der Waals surface area contributed by atoms with Crippen LogP contribution in [-0.2, 0) is 9.53 Å². The molecular weight excluding hydrogens is 355 g/mol. The van der Waals surface area contributed by atoms with E-state index in [9.17, 15) is 14.0 Å². The summed E-state index contributed by atoms with van der Waals surface area (Å²) >= 11 is 1.27. The van der Waals surface area contributed by atoms with Crippen LogP contribution < -0.4 is 10.6 Å². The molecule has 26 heavy (non-hydrogen) atoms. The Morgan fingerprint density at radius 3 is 2.69 bits per heavy atom. The first kappa shape index (κ1) is 19.9. The lowest BCUT2D eigenvalue weighted by molar-refractivity contribution is -0.118. The van der Waals surface area contributed by atoms with Gasteiger partial charge in [0.2, 0.25) is 5.91 Å². The molecule has 7 heteroatoms. The zero-order chi connectivity index (χ0) is 18.9. The fraction of sp³-hybridized carbons (Fsp3) is 0.263. The molecule has 5 nitrogen and oxygen atoms in total. The van der Waals surface area contributed by atoms with Gasteiger partial charge in [-0.05, 0) is 36.8 Å². The molecule has 0 heterocycles. The predicted molar refractivity (Wildman–Crippen MR) is 101 cm³/mol. The van der Waals surface area contributed by atoms with Crippen molar-refractivity contribution >= 4 is 29.3 Å². The van der Waals surface area contributed by atoms with E-state index in [1.54, 1.807) is 50.4 Å². The largest absolute Gasteiger partial charge is 0.383 e. The van der Waals surface area contributed by atoms with Gasteiger partial charge in [0, 0.05) is 24.2 Å². The maximum absolute atomic E-state index is 13.6. The Morgan fingerprint density at radius 1 is 1.19 bits per heavy atom. The fourth-order valence-corrected chi connectivity index (χ4v) is 3.02. The van der Waals surface area contributed by atoms with Crippen molar-refractivity contribution in [3.63, 3.8) is 0 Å². The van der Waals surface area contributed by atoms with Crippen molar-refractivity contribution in [2.24, 2.45) is 0 Å². The summed E-state index contributed by atoms with van der Waals surface area (Å²) in [6, 6.07) is 11.5. The van der Waals surface area contributed by atoms with E-state index in [0.717, 1.165) is 0 Å². The number of anilines is 1. The van der Waals surface area contributed by atoms with Crippen LogP contribution in [0, 0.1) is 12.7 Å². The van der Waals surface area contributed by atoms with Gasteiger partial charge in [-0.1, -0.05) is 18.2 Å². The second kappa shape index (κ2) is 9.94. The van der Waals surface area contributed by atoms with Gasteiger partial charge in [-0.2, -0.15) is 0 Å². The molecule has 2 amide bonds. The van der Waals surface area contributed by atoms with Crippen LogP contribution in [0.4, 0.5) is 10.1 Å². The molecule has 0 aliphatic heterocycles. The van der Waals surface area contributed by atoms with Gasteiger partial charge in [-0.25, -0.2) is 4.39 Å². The molecule has 0 saturated carbocycles. The van der Waals surface area contributed by atoms with Gasteiger partial charge in [-0.15, -0.1) is 11.8 Å². The van der Waals surface area contributed by atoms with E-state index < -0.39 is 0 Å². The maximum Gasteiger partial charge on any atom is 0.256 e. The molecule has 0 spiro atoms. The number of aryl methyl sites for hydroxylation is 1. The highest BCUT2D eigenvalue weighted by Gasteiger charge is 2.13. The van der Waals surface area contributed by atoms with E-state index >= 15 is 0 Å². The summed E-state index contributed by atoms with van der Waals surface area (Å²) in [5.74, 6) is -0.676. The number of thioether (sulfide) groups is 1. The number of methoxy groups -OCH3 is 1. The molecule has 0 unspecified atom stereocenters. The van der Waals surface area contributed by atoms with Crippen LogP contribution in [0.1, 0.15) is 15.9 Å². The monoisotopic (exact) mass is 376 g/mol. The first-order valence-corrected chi connectivity index (χ1v) is 9.05. The molecule has 2 rings (SSSR count). The number of ether oxygens (including phenoxy) is 1. The van der Waals surface area contributed by atoms with E-state index in [0.29, 0.717) is 34.9 Å². The number of benzene rings is 2. The summed E-state index contributed by atoms with van der Waals surface area (Å²) in [4.78, 5) is 25.0. The molecule has 2 N–H and O–H groups in total. The Balaban J connectivity index is 2.01.